The summed E-state index contributed by atoms with van der Waals surface area (Å²) in [5.41, 5.74) is 2.38. The monoisotopic (exact) mass is 339 g/mol. The zero-order valence-electron chi connectivity index (χ0n) is 12.9. The first-order chi connectivity index (χ1) is 11.7. The van der Waals surface area contributed by atoms with E-state index in [-0.39, 0.29) is 0 Å². The van der Waals surface area contributed by atoms with Crippen LogP contribution < -0.4 is 4.74 Å². The molecule has 1 aliphatic rings. The molecule has 120 valence electrons. The molecule has 4 nitrogen and oxygen atoms in total. The number of carbonyl (C=O) groups is 1. The van der Waals surface area contributed by atoms with Crippen molar-refractivity contribution in [2.75, 3.05) is 7.11 Å². The molecule has 1 heterocycles. The molecule has 0 amide bonds. The summed E-state index contributed by atoms with van der Waals surface area (Å²) in [6.07, 6.45) is 5.34. The average Bonchev–Trinajstić information content (AvgIpc) is 2.97. The Balaban J connectivity index is 1.94. The molecule has 0 saturated carbocycles. The Labute approximate surface area is 144 Å². The molecule has 0 bridgehead atoms. The van der Waals surface area contributed by atoms with E-state index in [0.717, 1.165) is 5.56 Å². The van der Waals surface area contributed by atoms with Crippen molar-refractivity contribution in [1.29, 1.82) is 0 Å². The van der Waals surface area contributed by atoms with Gasteiger partial charge < -0.3 is 9.57 Å². The van der Waals surface area contributed by atoms with Crippen molar-refractivity contribution in [3.05, 3.63) is 82.4 Å². The summed E-state index contributed by atoms with van der Waals surface area (Å²) in [6, 6.07) is 14.9. The van der Waals surface area contributed by atoms with E-state index in [9.17, 15) is 4.79 Å². The lowest BCUT2D eigenvalue weighted by Gasteiger charge is -2.07. The van der Waals surface area contributed by atoms with Crippen LogP contribution in [0.15, 0.2) is 71.4 Å². The highest BCUT2D eigenvalue weighted by atomic mass is 35.5. The van der Waals surface area contributed by atoms with Gasteiger partial charge in [0.25, 0.3) is 0 Å². The molecular weight excluding hydrogens is 326 g/mol. The van der Waals surface area contributed by atoms with Gasteiger partial charge in [-0.1, -0.05) is 59.2 Å². The van der Waals surface area contributed by atoms with Crippen LogP contribution in [0.3, 0.4) is 0 Å². The van der Waals surface area contributed by atoms with Crippen molar-refractivity contribution in [1.82, 2.24) is 0 Å². The van der Waals surface area contributed by atoms with Gasteiger partial charge in [-0.2, -0.15) is 0 Å². The van der Waals surface area contributed by atoms with E-state index in [4.69, 9.17) is 21.2 Å². The topological polar surface area (TPSA) is 47.9 Å². The van der Waals surface area contributed by atoms with Crippen LogP contribution in [0.1, 0.15) is 11.1 Å². The van der Waals surface area contributed by atoms with Crippen LogP contribution in [0.25, 0.3) is 6.08 Å². The summed E-state index contributed by atoms with van der Waals surface area (Å²) in [6.45, 7) is 0. The molecule has 1 aliphatic heterocycles. The number of nitrogens with zero attached hydrogens (tertiary/aromatic N) is 1. The van der Waals surface area contributed by atoms with E-state index in [1.807, 2.05) is 36.4 Å². The van der Waals surface area contributed by atoms with Crippen LogP contribution in [0.2, 0.25) is 5.02 Å². The van der Waals surface area contributed by atoms with Crippen molar-refractivity contribution in [3.8, 4) is 5.75 Å². The number of oxime groups is 1. The van der Waals surface area contributed by atoms with Crippen molar-refractivity contribution in [2.45, 2.75) is 0 Å². The zero-order valence-corrected chi connectivity index (χ0v) is 13.7. The first-order valence-electron chi connectivity index (χ1n) is 7.26. The van der Waals surface area contributed by atoms with Gasteiger partial charge in [0.15, 0.2) is 0 Å². The number of benzene rings is 2. The van der Waals surface area contributed by atoms with E-state index in [2.05, 4.69) is 5.16 Å². The highest BCUT2D eigenvalue weighted by molar-refractivity contribution is 6.33. The lowest BCUT2D eigenvalue weighted by molar-refractivity contribution is -0.136. The minimum atomic E-state index is -0.509. The number of halogens is 1. The summed E-state index contributed by atoms with van der Waals surface area (Å²) in [7, 11) is 1.55. The molecule has 0 radical (unpaired) electrons. The van der Waals surface area contributed by atoms with Crippen LogP contribution in [0, 0.1) is 0 Å². The van der Waals surface area contributed by atoms with E-state index in [1.54, 1.807) is 37.5 Å². The Hall–Kier alpha value is -2.85. The maximum atomic E-state index is 12.0. The Bertz CT molecular complexity index is 854. The van der Waals surface area contributed by atoms with E-state index < -0.39 is 5.97 Å². The van der Waals surface area contributed by atoms with Crippen molar-refractivity contribution in [2.24, 2.45) is 5.16 Å². The first kappa shape index (κ1) is 16.0. The summed E-state index contributed by atoms with van der Waals surface area (Å²) < 4.78 is 5.32. The third-order valence-electron chi connectivity index (χ3n) is 3.46. The fourth-order valence-corrected chi connectivity index (χ4v) is 2.48. The molecule has 3 rings (SSSR count). The molecule has 0 aromatic heterocycles. The molecule has 0 atom stereocenters. The summed E-state index contributed by atoms with van der Waals surface area (Å²) in [5.74, 6) is 0.0547. The van der Waals surface area contributed by atoms with Crippen LogP contribution in [0.4, 0.5) is 0 Å². The molecule has 0 saturated heterocycles. The standard InChI is InChI=1S/C19H14ClNO3/c1-23-17-11-10-14(20)12-16(17)18-15(19(22)24-21-18)9-5-8-13-6-3-2-4-7-13/h2-12H,1H3. The molecule has 2 aromatic carbocycles. The second-order valence-corrected chi connectivity index (χ2v) is 5.45. The van der Waals surface area contributed by atoms with Gasteiger partial charge >= 0.3 is 5.97 Å². The van der Waals surface area contributed by atoms with Crippen molar-refractivity contribution < 1.29 is 14.4 Å². The van der Waals surface area contributed by atoms with Gasteiger partial charge in [-0.25, -0.2) is 4.79 Å². The normalized spacial score (nSPS) is 15.7. The van der Waals surface area contributed by atoms with E-state index in [0.29, 0.717) is 27.6 Å². The van der Waals surface area contributed by atoms with Gasteiger partial charge in [0.2, 0.25) is 0 Å². The maximum absolute atomic E-state index is 12.0. The highest BCUT2D eigenvalue weighted by Crippen LogP contribution is 2.28. The Kier molecular flexibility index (Phi) is 4.77. The predicted octanol–water partition coefficient (Wildman–Crippen LogP) is 4.25. The van der Waals surface area contributed by atoms with Gasteiger partial charge in [-0.05, 0) is 29.8 Å². The number of rotatable bonds is 4. The fourth-order valence-electron chi connectivity index (χ4n) is 2.31. The average molecular weight is 340 g/mol. The third kappa shape index (κ3) is 3.39. The molecule has 0 aliphatic carbocycles. The van der Waals surface area contributed by atoms with Crippen LogP contribution >= 0.6 is 11.6 Å². The number of hydrogen-bond donors (Lipinski definition) is 0. The molecule has 0 N–H and O–H groups in total. The molecule has 24 heavy (non-hydrogen) atoms. The lowest BCUT2D eigenvalue weighted by Crippen LogP contribution is -2.08. The van der Waals surface area contributed by atoms with Gasteiger partial charge in [0.05, 0.1) is 12.7 Å². The Morgan fingerprint density at radius 3 is 2.71 bits per heavy atom. The number of ether oxygens (including phenoxy) is 1. The van der Waals surface area contributed by atoms with E-state index in [1.165, 1.54) is 0 Å². The van der Waals surface area contributed by atoms with Crippen molar-refractivity contribution >= 4 is 29.4 Å². The minimum Gasteiger partial charge on any atom is -0.496 e. The number of allylic oxidation sites excluding steroid dienone is 2. The minimum absolute atomic E-state index is 0.350. The fraction of sp³-hybridized carbons (Fsp3) is 0.0526. The maximum Gasteiger partial charge on any atom is 0.368 e. The second kappa shape index (κ2) is 7.15. The quantitative estimate of drug-likeness (QED) is 0.618. The van der Waals surface area contributed by atoms with Gasteiger partial charge in [-0.15, -0.1) is 0 Å². The molecule has 5 heteroatoms. The van der Waals surface area contributed by atoms with Crippen LogP contribution in [0.5, 0.6) is 5.75 Å². The van der Waals surface area contributed by atoms with E-state index >= 15 is 0 Å². The summed E-state index contributed by atoms with van der Waals surface area (Å²) >= 11 is 6.05. The van der Waals surface area contributed by atoms with Gasteiger partial charge in [-0.3, -0.25) is 0 Å². The molecule has 0 unspecified atom stereocenters. The third-order valence-corrected chi connectivity index (χ3v) is 3.70. The molecular formula is C19H14ClNO3. The largest absolute Gasteiger partial charge is 0.496 e. The van der Waals surface area contributed by atoms with Gasteiger partial charge in [0, 0.05) is 10.6 Å². The Morgan fingerprint density at radius 2 is 1.96 bits per heavy atom. The number of hydrogen-bond acceptors (Lipinski definition) is 4. The SMILES string of the molecule is COc1ccc(Cl)cc1C1=NOC(=O)C1=CC=Cc1ccccc1. The molecule has 0 spiro atoms. The Morgan fingerprint density at radius 1 is 1.17 bits per heavy atom. The predicted molar refractivity (Wildman–Crippen MR) is 94.2 cm³/mol. The van der Waals surface area contributed by atoms with Crippen molar-refractivity contribution in [3.63, 3.8) is 0 Å². The smallest absolute Gasteiger partial charge is 0.368 e. The second-order valence-electron chi connectivity index (χ2n) is 5.01. The van der Waals surface area contributed by atoms with Crippen LogP contribution in [-0.2, 0) is 9.63 Å². The highest BCUT2D eigenvalue weighted by Gasteiger charge is 2.28. The van der Waals surface area contributed by atoms with Crippen LogP contribution in [-0.4, -0.2) is 18.8 Å². The number of carbonyl (C=O) groups excluding carboxylic acids is 1. The summed E-state index contributed by atoms with van der Waals surface area (Å²) in [4.78, 5) is 16.8. The molecule has 2 aromatic rings. The zero-order chi connectivity index (χ0) is 16.9. The van der Waals surface area contributed by atoms with Gasteiger partial charge in [0.1, 0.15) is 11.5 Å². The number of methoxy groups -OCH3 is 1. The first-order valence-corrected chi connectivity index (χ1v) is 7.64. The summed E-state index contributed by atoms with van der Waals surface area (Å²) in [5, 5.41) is 4.39. The lowest BCUT2D eigenvalue weighted by atomic mass is 10.0. The molecule has 0 fully saturated rings.